The van der Waals surface area contributed by atoms with Gasteiger partial charge in [0.15, 0.2) is 17.5 Å². The van der Waals surface area contributed by atoms with Crippen LogP contribution in [0.25, 0.3) is 16.6 Å². The predicted octanol–water partition coefficient (Wildman–Crippen LogP) is 4.43. The molecule has 3 heterocycles. The van der Waals surface area contributed by atoms with E-state index < -0.39 is 34.6 Å². The fraction of sp³-hybridized carbons (Fsp3) is 0.280. The van der Waals surface area contributed by atoms with Crippen LogP contribution in [0.1, 0.15) is 43.2 Å². The molecule has 4 aromatic rings. The van der Waals surface area contributed by atoms with E-state index in [-0.39, 0.29) is 22.9 Å². The number of nitrogens with zero attached hydrogens (tertiary/aromatic N) is 5. The van der Waals surface area contributed by atoms with E-state index in [1.54, 1.807) is 10.9 Å². The van der Waals surface area contributed by atoms with Crippen LogP contribution in [0.4, 0.5) is 24.5 Å². The third-order valence-corrected chi connectivity index (χ3v) is 6.12. The number of anilines is 2. The zero-order chi connectivity index (χ0) is 25.6. The van der Waals surface area contributed by atoms with Gasteiger partial charge in [-0.2, -0.15) is 14.9 Å². The minimum Gasteiger partial charge on any atom is -0.369 e. The van der Waals surface area contributed by atoms with Crippen LogP contribution in [0.3, 0.4) is 0 Å². The second-order valence-corrected chi connectivity index (χ2v) is 8.91. The Hall–Kier alpha value is -4.15. The molecule has 0 bridgehead atoms. The van der Waals surface area contributed by atoms with Crippen LogP contribution in [-0.4, -0.2) is 38.6 Å². The smallest absolute Gasteiger partial charge is 0.276 e. The largest absolute Gasteiger partial charge is 0.369 e. The summed E-state index contributed by atoms with van der Waals surface area (Å²) in [5.41, 5.74) is -0.733. The Kier molecular flexibility index (Phi) is 5.99. The summed E-state index contributed by atoms with van der Waals surface area (Å²) in [6.07, 6.45) is 3.66. The monoisotopic (exact) mass is 496 g/mol. The van der Waals surface area contributed by atoms with Crippen LogP contribution in [-0.2, 0) is 0 Å². The highest BCUT2D eigenvalue weighted by atomic mass is 19.1. The number of amides is 1. The quantitative estimate of drug-likeness (QED) is 0.442. The summed E-state index contributed by atoms with van der Waals surface area (Å²) in [6.45, 7) is 5.32. The zero-order valence-electron chi connectivity index (χ0n) is 19.6. The lowest BCUT2D eigenvalue weighted by Gasteiger charge is -2.22. The number of carbonyl (C=O) groups excluding carboxylic acids is 1. The first-order valence-electron chi connectivity index (χ1n) is 11.6. The molecule has 1 N–H and O–H groups in total. The summed E-state index contributed by atoms with van der Waals surface area (Å²) < 4.78 is 45.8. The molecular weight excluding hydrogens is 473 g/mol. The van der Waals surface area contributed by atoms with Gasteiger partial charge in [0.25, 0.3) is 11.5 Å². The topological polar surface area (TPSA) is 85.0 Å². The van der Waals surface area contributed by atoms with Crippen molar-refractivity contribution in [3.8, 4) is 5.69 Å². The van der Waals surface area contributed by atoms with E-state index >= 15 is 4.39 Å². The number of para-hydroxylation sites is 1. The average Bonchev–Trinajstić information content (AvgIpc) is 3.51. The lowest BCUT2D eigenvalue weighted by atomic mass is 10.1. The Balaban J connectivity index is 1.58. The van der Waals surface area contributed by atoms with Gasteiger partial charge >= 0.3 is 0 Å². The van der Waals surface area contributed by atoms with Gasteiger partial charge in [0, 0.05) is 42.8 Å². The first-order valence-corrected chi connectivity index (χ1v) is 11.6. The number of hydrogen-bond acceptors (Lipinski definition) is 5. The summed E-state index contributed by atoms with van der Waals surface area (Å²) in [6, 6.07) is 6.47. The fourth-order valence-electron chi connectivity index (χ4n) is 4.36. The maximum absolute atomic E-state index is 15.1. The van der Waals surface area contributed by atoms with Crippen LogP contribution in [0.5, 0.6) is 0 Å². The van der Waals surface area contributed by atoms with Crippen molar-refractivity contribution in [3.63, 3.8) is 0 Å². The van der Waals surface area contributed by atoms with Gasteiger partial charge in [-0.25, -0.2) is 13.2 Å². The molecule has 0 atom stereocenters. The lowest BCUT2D eigenvalue weighted by Crippen LogP contribution is -2.27. The highest BCUT2D eigenvalue weighted by molar-refractivity contribution is 6.09. The Morgan fingerprint density at radius 3 is 2.33 bits per heavy atom. The third kappa shape index (κ3) is 4.10. The average molecular weight is 496 g/mol. The van der Waals surface area contributed by atoms with Crippen LogP contribution in [0.15, 0.2) is 47.4 Å². The molecule has 0 saturated carbocycles. The van der Waals surface area contributed by atoms with Crippen molar-refractivity contribution in [1.82, 2.24) is 19.6 Å². The number of nitrogens with one attached hydrogen (secondary N) is 1. The van der Waals surface area contributed by atoms with E-state index in [2.05, 4.69) is 20.4 Å². The maximum Gasteiger partial charge on any atom is 0.276 e. The molecule has 11 heteroatoms. The van der Waals surface area contributed by atoms with Crippen molar-refractivity contribution in [2.24, 2.45) is 0 Å². The van der Waals surface area contributed by atoms with Crippen LogP contribution in [0, 0.1) is 17.5 Å². The standard InChI is InChI=1S/C25H23F3N6O2/c1-14(2)33-13-15-22(31-33)18(28)12-20(23(15)32-10-3-4-11-32)29-25(36)19-8-9-21(35)34(30-19)24-16(26)6-5-7-17(24)27/h5-9,12-14H,3-4,10-11H2,1-2H3,(H,29,36). The molecule has 0 radical (unpaired) electrons. The molecular formula is C25H23F3N6O2. The molecule has 186 valence electrons. The van der Waals surface area contributed by atoms with Gasteiger partial charge in [-0.3, -0.25) is 14.3 Å². The van der Waals surface area contributed by atoms with Crippen LogP contribution < -0.4 is 15.8 Å². The molecule has 1 fully saturated rings. The highest BCUT2D eigenvalue weighted by Gasteiger charge is 2.25. The van der Waals surface area contributed by atoms with Crippen LogP contribution >= 0.6 is 0 Å². The number of aromatic nitrogens is 4. The maximum atomic E-state index is 15.1. The number of benzene rings is 2. The number of halogens is 3. The van der Waals surface area contributed by atoms with Crippen LogP contribution in [0.2, 0.25) is 0 Å². The molecule has 1 amide bonds. The molecule has 0 aliphatic carbocycles. The first-order chi connectivity index (χ1) is 17.2. The van der Waals surface area contributed by atoms with E-state index in [1.807, 2.05) is 13.8 Å². The third-order valence-electron chi connectivity index (χ3n) is 6.12. The molecule has 1 aliphatic heterocycles. The zero-order valence-corrected chi connectivity index (χ0v) is 19.6. The van der Waals surface area contributed by atoms with Crippen molar-refractivity contribution in [3.05, 3.63) is 76.1 Å². The summed E-state index contributed by atoms with van der Waals surface area (Å²) in [7, 11) is 0. The Morgan fingerprint density at radius 1 is 0.972 bits per heavy atom. The normalized spacial score (nSPS) is 13.7. The van der Waals surface area contributed by atoms with Gasteiger partial charge in [0.1, 0.15) is 16.9 Å². The molecule has 8 nitrogen and oxygen atoms in total. The molecule has 1 saturated heterocycles. The van der Waals surface area contributed by atoms with Gasteiger partial charge in [-0.1, -0.05) is 6.07 Å². The number of fused-ring (bicyclic) bond motifs is 1. The molecule has 5 rings (SSSR count). The summed E-state index contributed by atoms with van der Waals surface area (Å²) in [5.74, 6) is -3.38. The van der Waals surface area contributed by atoms with Crippen molar-refractivity contribution in [2.45, 2.75) is 32.7 Å². The van der Waals surface area contributed by atoms with E-state index in [9.17, 15) is 18.4 Å². The van der Waals surface area contributed by atoms with Gasteiger partial charge in [-0.15, -0.1) is 0 Å². The second kappa shape index (κ2) is 9.14. The molecule has 36 heavy (non-hydrogen) atoms. The number of rotatable bonds is 5. The van der Waals surface area contributed by atoms with Gasteiger partial charge in [0.05, 0.1) is 11.4 Å². The lowest BCUT2D eigenvalue weighted by molar-refractivity contribution is 0.102. The molecule has 2 aromatic heterocycles. The number of carbonyl (C=O) groups is 1. The minimum absolute atomic E-state index is 0.00491. The van der Waals surface area contributed by atoms with Gasteiger partial charge in [0.2, 0.25) is 0 Å². The second-order valence-electron chi connectivity index (χ2n) is 8.91. The first kappa shape index (κ1) is 23.6. The summed E-state index contributed by atoms with van der Waals surface area (Å²) in [4.78, 5) is 27.5. The highest BCUT2D eigenvalue weighted by Crippen LogP contribution is 2.38. The van der Waals surface area contributed by atoms with Crippen molar-refractivity contribution in [1.29, 1.82) is 0 Å². The fourth-order valence-corrected chi connectivity index (χ4v) is 4.36. The Morgan fingerprint density at radius 2 is 1.67 bits per heavy atom. The van der Waals surface area contributed by atoms with Gasteiger partial charge in [-0.05, 0) is 44.9 Å². The summed E-state index contributed by atoms with van der Waals surface area (Å²) >= 11 is 0. The van der Waals surface area contributed by atoms with Crippen molar-refractivity contribution in [2.75, 3.05) is 23.3 Å². The minimum atomic E-state index is -1.01. The predicted molar refractivity (Wildman–Crippen MR) is 129 cm³/mol. The van der Waals surface area contributed by atoms with Gasteiger partial charge < -0.3 is 10.2 Å². The molecule has 0 unspecified atom stereocenters. The molecule has 2 aromatic carbocycles. The van der Waals surface area contributed by atoms with E-state index in [0.29, 0.717) is 15.8 Å². The van der Waals surface area contributed by atoms with E-state index in [1.165, 1.54) is 6.07 Å². The van der Waals surface area contributed by atoms with E-state index in [4.69, 9.17) is 0 Å². The number of hydrogen-bond donors (Lipinski definition) is 1. The Bertz CT molecular complexity index is 1520. The van der Waals surface area contributed by atoms with Crippen molar-refractivity contribution >= 4 is 28.2 Å². The Labute approximate surface area is 203 Å². The molecule has 0 spiro atoms. The van der Waals surface area contributed by atoms with E-state index in [0.717, 1.165) is 56.3 Å². The summed E-state index contributed by atoms with van der Waals surface area (Å²) in [5, 5.41) is 11.5. The SMILES string of the molecule is CC(C)n1cc2c(N3CCCC3)c(NC(=O)c3ccc(=O)n(-c4c(F)cccc4F)n3)cc(F)c2n1. The van der Waals surface area contributed by atoms with Crippen molar-refractivity contribution < 1.29 is 18.0 Å². The molecule has 1 aliphatic rings.